The lowest BCUT2D eigenvalue weighted by molar-refractivity contribution is -0.114. The Bertz CT molecular complexity index is 1220. The van der Waals surface area contributed by atoms with Crippen LogP contribution in [0.4, 0.5) is 0 Å². The maximum absolute atomic E-state index is 12.9. The summed E-state index contributed by atoms with van der Waals surface area (Å²) in [5.74, 6) is 1.04. The molecule has 0 amide bonds. The lowest BCUT2D eigenvalue weighted by atomic mass is 9.84. The van der Waals surface area contributed by atoms with Crippen LogP contribution in [-0.4, -0.2) is 41.0 Å². The molecule has 3 aromatic carbocycles. The number of likely N-dealkylation sites (tertiary alicyclic amines) is 1. The number of carbonyl (C=O) groups is 1. The number of aromatic hydroxyl groups is 2. The van der Waals surface area contributed by atoms with Crippen molar-refractivity contribution < 1.29 is 19.7 Å². The quantitative estimate of drug-likeness (QED) is 0.590. The van der Waals surface area contributed by atoms with Crippen molar-refractivity contribution in [2.75, 3.05) is 20.1 Å². The Morgan fingerprint density at radius 1 is 0.939 bits per heavy atom. The third-order valence-electron chi connectivity index (χ3n) is 6.64. The second kappa shape index (κ2) is 8.75. The van der Waals surface area contributed by atoms with E-state index >= 15 is 0 Å². The SMILES string of the molecule is CN1CCC(c2cc(-c3ccccc3)c(O)c3c2OC(c2ccccc2O)=CC(=O)C3)CC1. The topological polar surface area (TPSA) is 70.0 Å². The number of fused-ring (bicyclic) bond motifs is 1. The maximum atomic E-state index is 12.9. The van der Waals surface area contributed by atoms with Gasteiger partial charge in [-0.05, 0) is 68.2 Å². The Hall–Kier alpha value is -3.57. The predicted molar refractivity (Wildman–Crippen MR) is 128 cm³/mol. The number of phenolic OH excluding ortho intramolecular Hbond substituents is 2. The maximum Gasteiger partial charge on any atom is 0.164 e. The van der Waals surface area contributed by atoms with Crippen LogP contribution in [0.15, 0.2) is 66.7 Å². The lowest BCUT2D eigenvalue weighted by Gasteiger charge is -2.31. The summed E-state index contributed by atoms with van der Waals surface area (Å²) < 4.78 is 6.38. The van der Waals surface area contributed by atoms with Crippen LogP contribution in [0.1, 0.15) is 35.4 Å². The van der Waals surface area contributed by atoms with E-state index in [0.29, 0.717) is 28.2 Å². The van der Waals surface area contributed by atoms with E-state index in [4.69, 9.17) is 4.74 Å². The summed E-state index contributed by atoms with van der Waals surface area (Å²) in [5.41, 5.74) is 3.59. The first kappa shape index (κ1) is 21.3. The number of benzene rings is 3. The number of allylic oxidation sites excluding steroid dienone is 1. The summed E-state index contributed by atoms with van der Waals surface area (Å²) >= 11 is 0. The average molecular weight is 442 g/mol. The number of ether oxygens (including phenoxy) is 1. The number of phenols is 2. The molecular formula is C28H27NO4. The first-order chi connectivity index (χ1) is 16.0. The molecule has 5 heteroatoms. The largest absolute Gasteiger partial charge is 0.507 e. The molecule has 1 saturated heterocycles. The second-order valence-electron chi connectivity index (χ2n) is 8.88. The molecule has 0 radical (unpaired) electrons. The molecule has 5 rings (SSSR count). The van der Waals surface area contributed by atoms with E-state index in [-0.39, 0.29) is 29.6 Å². The van der Waals surface area contributed by atoms with Crippen molar-refractivity contribution in [3.05, 3.63) is 83.4 Å². The lowest BCUT2D eigenvalue weighted by Crippen LogP contribution is -2.29. The van der Waals surface area contributed by atoms with Crippen molar-refractivity contribution in [3.8, 4) is 28.4 Å². The van der Waals surface area contributed by atoms with Gasteiger partial charge >= 0.3 is 0 Å². The zero-order valence-electron chi connectivity index (χ0n) is 18.6. The minimum Gasteiger partial charge on any atom is -0.507 e. The zero-order valence-corrected chi connectivity index (χ0v) is 18.6. The molecule has 0 unspecified atom stereocenters. The van der Waals surface area contributed by atoms with Gasteiger partial charge < -0.3 is 19.8 Å². The first-order valence-corrected chi connectivity index (χ1v) is 11.3. The van der Waals surface area contributed by atoms with Crippen LogP contribution < -0.4 is 4.74 Å². The Labute approximate surface area is 193 Å². The molecule has 33 heavy (non-hydrogen) atoms. The Balaban J connectivity index is 1.69. The molecule has 2 aliphatic rings. The zero-order chi connectivity index (χ0) is 22.9. The molecule has 2 N–H and O–H groups in total. The highest BCUT2D eigenvalue weighted by atomic mass is 16.5. The molecule has 0 aliphatic carbocycles. The number of piperidine rings is 1. The summed E-state index contributed by atoms with van der Waals surface area (Å²) in [6.07, 6.45) is 3.40. The van der Waals surface area contributed by atoms with E-state index < -0.39 is 0 Å². The van der Waals surface area contributed by atoms with Gasteiger partial charge in [-0.3, -0.25) is 4.79 Å². The predicted octanol–water partition coefficient (Wildman–Crippen LogP) is 5.12. The van der Waals surface area contributed by atoms with Gasteiger partial charge in [0.05, 0.1) is 5.56 Å². The van der Waals surface area contributed by atoms with Crippen LogP contribution >= 0.6 is 0 Å². The van der Waals surface area contributed by atoms with Gasteiger partial charge in [0.1, 0.15) is 23.0 Å². The van der Waals surface area contributed by atoms with Gasteiger partial charge in [-0.15, -0.1) is 0 Å². The third kappa shape index (κ3) is 4.12. The molecule has 3 aromatic rings. The molecule has 168 valence electrons. The van der Waals surface area contributed by atoms with E-state index in [2.05, 4.69) is 11.9 Å². The molecule has 0 saturated carbocycles. The van der Waals surface area contributed by atoms with Crippen molar-refractivity contribution >= 4 is 11.5 Å². The Morgan fingerprint density at radius 3 is 2.36 bits per heavy atom. The first-order valence-electron chi connectivity index (χ1n) is 11.3. The highest BCUT2D eigenvalue weighted by Crippen LogP contribution is 2.47. The number of nitrogens with zero attached hydrogens (tertiary/aromatic N) is 1. The molecule has 2 aliphatic heterocycles. The van der Waals surface area contributed by atoms with Crippen LogP contribution in [0.25, 0.3) is 16.9 Å². The van der Waals surface area contributed by atoms with Gasteiger partial charge in [-0.1, -0.05) is 42.5 Å². The van der Waals surface area contributed by atoms with Crippen LogP contribution in [0.2, 0.25) is 0 Å². The normalized spacial score (nSPS) is 17.1. The molecule has 1 fully saturated rings. The molecule has 0 aromatic heterocycles. The van der Waals surface area contributed by atoms with Crippen molar-refractivity contribution in [1.29, 1.82) is 0 Å². The van der Waals surface area contributed by atoms with Crippen LogP contribution in [-0.2, 0) is 11.2 Å². The van der Waals surface area contributed by atoms with Gasteiger partial charge in [0, 0.05) is 23.6 Å². The third-order valence-corrected chi connectivity index (χ3v) is 6.64. The number of rotatable bonds is 3. The van der Waals surface area contributed by atoms with Crippen LogP contribution in [0, 0.1) is 0 Å². The average Bonchev–Trinajstić information content (AvgIpc) is 3.00. The fourth-order valence-corrected chi connectivity index (χ4v) is 4.80. The number of para-hydroxylation sites is 1. The fourth-order valence-electron chi connectivity index (χ4n) is 4.80. The van der Waals surface area contributed by atoms with E-state index in [9.17, 15) is 15.0 Å². The highest BCUT2D eigenvalue weighted by molar-refractivity contribution is 6.00. The van der Waals surface area contributed by atoms with Crippen LogP contribution in [0.3, 0.4) is 0 Å². The number of hydrogen-bond acceptors (Lipinski definition) is 5. The second-order valence-corrected chi connectivity index (χ2v) is 8.88. The van der Waals surface area contributed by atoms with Gasteiger partial charge in [0.15, 0.2) is 5.78 Å². The minimum atomic E-state index is -0.179. The van der Waals surface area contributed by atoms with E-state index in [1.54, 1.807) is 24.3 Å². The van der Waals surface area contributed by atoms with Gasteiger partial charge in [-0.2, -0.15) is 0 Å². The van der Waals surface area contributed by atoms with Gasteiger partial charge in [-0.25, -0.2) is 0 Å². The summed E-state index contributed by atoms with van der Waals surface area (Å²) in [6.45, 7) is 1.95. The Morgan fingerprint density at radius 2 is 1.64 bits per heavy atom. The molecular weight excluding hydrogens is 414 g/mol. The monoisotopic (exact) mass is 441 g/mol. The minimum absolute atomic E-state index is 0.0402. The fraction of sp³-hybridized carbons (Fsp3) is 0.250. The number of hydrogen-bond donors (Lipinski definition) is 2. The molecule has 2 heterocycles. The van der Waals surface area contributed by atoms with E-state index in [1.165, 1.54) is 6.08 Å². The molecule has 0 atom stereocenters. The van der Waals surface area contributed by atoms with Crippen LogP contribution in [0.5, 0.6) is 17.2 Å². The van der Waals surface area contributed by atoms with Gasteiger partial charge in [0.2, 0.25) is 0 Å². The summed E-state index contributed by atoms with van der Waals surface area (Å²) in [6, 6.07) is 18.6. The molecule has 5 nitrogen and oxygen atoms in total. The van der Waals surface area contributed by atoms with Crippen molar-refractivity contribution in [3.63, 3.8) is 0 Å². The highest BCUT2D eigenvalue weighted by Gasteiger charge is 2.30. The number of ketones is 1. The van der Waals surface area contributed by atoms with Crippen molar-refractivity contribution in [2.24, 2.45) is 0 Å². The van der Waals surface area contributed by atoms with Crippen molar-refractivity contribution in [1.82, 2.24) is 4.90 Å². The van der Waals surface area contributed by atoms with Gasteiger partial charge in [0.25, 0.3) is 0 Å². The summed E-state index contributed by atoms with van der Waals surface area (Å²) in [5, 5.41) is 21.7. The molecule has 0 spiro atoms. The smallest absolute Gasteiger partial charge is 0.164 e. The standard InChI is InChI=1S/C28H27NO4/c1-29-13-11-19(12-14-29)23-17-22(18-7-3-2-4-8-18)27(32)24-15-20(30)16-26(33-28(23)24)21-9-5-6-10-25(21)31/h2-10,16-17,19,31-32H,11-15H2,1H3. The summed E-state index contributed by atoms with van der Waals surface area (Å²) in [4.78, 5) is 15.2. The Kier molecular flexibility index (Phi) is 5.65. The molecule has 0 bridgehead atoms. The van der Waals surface area contributed by atoms with E-state index in [1.807, 2.05) is 36.4 Å². The van der Waals surface area contributed by atoms with Crippen molar-refractivity contribution in [2.45, 2.75) is 25.2 Å². The number of carbonyl (C=O) groups excluding carboxylic acids is 1. The van der Waals surface area contributed by atoms with E-state index in [0.717, 1.165) is 37.1 Å². The summed E-state index contributed by atoms with van der Waals surface area (Å²) in [7, 11) is 2.12.